The van der Waals surface area contributed by atoms with Gasteiger partial charge in [0.25, 0.3) is 0 Å². The van der Waals surface area contributed by atoms with E-state index >= 15 is 0 Å². The summed E-state index contributed by atoms with van der Waals surface area (Å²) >= 11 is 0. The van der Waals surface area contributed by atoms with Gasteiger partial charge < -0.3 is 5.11 Å². The van der Waals surface area contributed by atoms with Gasteiger partial charge in [-0.15, -0.1) is 0 Å². The predicted octanol–water partition coefficient (Wildman–Crippen LogP) is 1.97. The van der Waals surface area contributed by atoms with Crippen molar-refractivity contribution in [3.63, 3.8) is 0 Å². The Balaban J connectivity index is 3.24. The van der Waals surface area contributed by atoms with Crippen LogP contribution in [0.2, 0.25) is 0 Å². The Labute approximate surface area is 88.0 Å². The Bertz CT molecular complexity index is 342. The quantitative estimate of drug-likeness (QED) is 0.715. The number of hydrogen-bond acceptors (Lipinski definition) is 3. The van der Waals surface area contributed by atoms with Crippen LogP contribution in [0.15, 0.2) is 11.3 Å². The van der Waals surface area contributed by atoms with Crippen LogP contribution >= 0.6 is 0 Å². The Kier molecular flexibility index (Phi) is 2.98. The molecule has 0 radical (unpaired) electrons. The molecule has 3 nitrogen and oxygen atoms in total. The van der Waals surface area contributed by atoms with Gasteiger partial charge in [-0.05, 0) is 6.42 Å². The summed E-state index contributed by atoms with van der Waals surface area (Å²) in [5.41, 5.74) is -1.05. The van der Waals surface area contributed by atoms with Crippen molar-refractivity contribution in [1.82, 2.24) is 0 Å². The SMILES string of the molecule is CC1CC(C)(C)C(=O)C(C(=O)CF)=C1O. The molecule has 1 aliphatic carbocycles. The summed E-state index contributed by atoms with van der Waals surface area (Å²) in [7, 11) is 0. The summed E-state index contributed by atoms with van der Waals surface area (Å²) < 4.78 is 12.2. The largest absolute Gasteiger partial charge is 0.511 e. The van der Waals surface area contributed by atoms with E-state index in [4.69, 9.17) is 0 Å². The fourth-order valence-electron chi connectivity index (χ4n) is 1.99. The zero-order valence-electron chi connectivity index (χ0n) is 9.13. The average Bonchev–Trinajstić information content (AvgIpc) is 2.14. The van der Waals surface area contributed by atoms with Gasteiger partial charge in [-0.1, -0.05) is 20.8 Å². The molecule has 0 aromatic carbocycles. The lowest BCUT2D eigenvalue weighted by Gasteiger charge is -2.32. The van der Waals surface area contributed by atoms with Crippen LogP contribution in [0.4, 0.5) is 4.39 Å². The first-order valence-electron chi connectivity index (χ1n) is 4.88. The third-order valence-electron chi connectivity index (χ3n) is 2.78. The summed E-state index contributed by atoms with van der Waals surface area (Å²) in [5.74, 6) is -1.91. The second-order valence-electron chi connectivity index (χ2n) is 4.64. The summed E-state index contributed by atoms with van der Waals surface area (Å²) in [6.45, 7) is 3.87. The van der Waals surface area contributed by atoms with E-state index in [0.29, 0.717) is 6.42 Å². The first-order valence-corrected chi connectivity index (χ1v) is 4.88. The minimum absolute atomic E-state index is 0.262. The molecule has 0 saturated heterocycles. The number of carbonyl (C=O) groups excluding carboxylic acids is 2. The number of rotatable bonds is 2. The predicted molar refractivity (Wildman–Crippen MR) is 53.2 cm³/mol. The van der Waals surface area contributed by atoms with E-state index in [2.05, 4.69) is 0 Å². The van der Waals surface area contributed by atoms with Crippen molar-refractivity contribution >= 4 is 11.6 Å². The van der Waals surface area contributed by atoms with Gasteiger partial charge in [0.05, 0.1) is 0 Å². The zero-order valence-corrected chi connectivity index (χ0v) is 9.13. The molecule has 1 rings (SSSR count). The second kappa shape index (κ2) is 3.76. The lowest BCUT2D eigenvalue weighted by molar-refractivity contribution is -0.129. The molecular formula is C11H15FO3. The van der Waals surface area contributed by atoms with E-state index in [1.807, 2.05) is 0 Å². The third kappa shape index (κ3) is 1.94. The van der Waals surface area contributed by atoms with Crippen LogP contribution in [-0.2, 0) is 9.59 Å². The van der Waals surface area contributed by atoms with E-state index in [1.165, 1.54) is 0 Å². The summed E-state index contributed by atoms with van der Waals surface area (Å²) in [6, 6.07) is 0. The number of hydrogen-bond donors (Lipinski definition) is 1. The van der Waals surface area contributed by atoms with E-state index < -0.39 is 23.7 Å². The number of aliphatic hydroxyl groups excluding tert-OH is 1. The van der Waals surface area contributed by atoms with Crippen molar-refractivity contribution in [3.8, 4) is 0 Å². The van der Waals surface area contributed by atoms with Crippen molar-refractivity contribution in [2.75, 3.05) is 6.67 Å². The van der Waals surface area contributed by atoms with E-state index in [-0.39, 0.29) is 17.3 Å². The minimum Gasteiger partial charge on any atom is -0.511 e. The third-order valence-corrected chi connectivity index (χ3v) is 2.78. The van der Waals surface area contributed by atoms with E-state index in [1.54, 1.807) is 20.8 Å². The summed E-state index contributed by atoms with van der Waals surface area (Å²) in [6.07, 6.45) is 0.473. The Morgan fingerprint density at radius 1 is 1.60 bits per heavy atom. The maximum Gasteiger partial charge on any atom is 0.200 e. The number of alkyl halides is 1. The summed E-state index contributed by atoms with van der Waals surface area (Å²) in [4.78, 5) is 23.0. The van der Waals surface area contributed by atoms with Crippen molar-refractivity contribution < 1.29 is 19.1 Å². The molecule has 0 fully saturated rings. The normalized spacial score (nSPS) is 25.6. The highest BCUT2D eigenvalue weighted by atomic mass is 19.1. The van der Waals surface area contributed by atoms with E-state index in [0.717, 1.165) is 0 Å². The van der Waals surface area contributed by atoms with Crippen LogP contribution in [0.3, 0.4) is 0 Å². The Morgan fingerprint density at radius 3 is 2.60 bits per heavy atom. The first-order chi connectivity index (χ1) is 6.81. The van der Waals surface area contributed by atoms with Gasteiger partial charge in [-0.2, -0.15) is 0 Å². The monoisotopic (exact) mass is 214 g/mol. The highest BCUT2D eigenvalue weighted by Gasteiger charge is 2.42. The molecule has 84 valence electrons. The first kappa shape index (κ1) is 11.9. The number of allylic oxidation sites excluding steroid dienone is 2. The van der Waals surface area contributed by atoms with Gasteiger partial charge in [0.1, 0.15) is 11.3 Å². The molecule has 1 atom stereocenters. The molecular weight excluding hydrogens is 199 g/mol. The molecule has 1 unspecified atom stereocenters. The molecule has 0 bridgehead atoms. The number of Topliss-reactive ketones (excluding diaryl/α,β-unsaturated/α-hetero) is 2. The number of halogens is 1. The number of ketones is 2. The highest BCUT2D eigenvalue weighted by Crippen LogP contribution is 2.38. The summed E-state index contributed by atoms with van der Waals surface area (Å²) in [5, 5.41) is 9.61. The maximum absolute atomic E-state index is 12.2. The van der Waals surface area contributed by atoms with Crippen molar-refractivity contribution in [2.24, 2.45) is 11.3 Å². The number of carbonyl (C=O) groups is 2. The molecule has 0 amide bonds. The van der Waals surface area contributed by atoms with Crippen LogP contribution in [0.5, 0.6) is 0 Å². The Hall–Kier alpha value is -1.19. The standard InChI is InChI=1S/C11H15FO3/c1-6-4-11(2,3)10(15)8(9(6)14)7(13)5-12/h6,14H,4-5H2,1-3H3. The maximum atomic E-state index is 12.2. The molecule has 0 saturated carbocycles. The van der Waals surface area contributed by atoms with Crippen LogP contribution in [-0.4, -0.2) is 23.3 Å². The fraction of sp³-hybridized carbons (Fsp3) is 0.636. The average molecular weight is 214 g/mol. The minimum atomic E-state index is -1.24. The van der Waals surface area contributed by atoms with Gasteiger partial charge in [0.2, 0.25) is 5.78 Å². The van der Waals surface area contributed by atoms with Gasteiger partial charge in [0, 0.05) is 11.3 Å². The second-order valence-corrected chi connectivity index (χ2v) is 4.64. The molecule has 0 aliphatic heterocycles. The molecule has 0 spiro atoms. The van der Waals surface area contributed by atoms with Gasteiger partial charge in [0.15, 0.2) is 12.5 Å². The van der Waals surface area contributed by atoms with Crippen LogP contribution in [0.1, 0.15) is 27.2 Å². The van der Waals surface area contributed by atoms with Crippen LogP contribution in [0.25, 0.3) is 0 Å². The molecule has 15 heavy (non-hydrogen) atoms. The highest BCUT2D eigenvalue weighted by molar-refractivity contribution is 6.23. The van der Waals surface area contributed by atoms with Gasteiger partial charge in [-0.25, -0.2) is 4.39 Å². The number of aliphatic hydroxyl groups is 1. The molecule has 0 aromatic rings. The molecule has 1 N–H and O–H groups in total. The smallest absolute Gasteiger partial charge is 0.200 e. The molecule has 1 aliphatic rings. The van der Waals surface area contributed by atoms with Crippen molar-refractivity contribution in [1.29, 1.82) is 0 Å². The zero-order chi connectivity index (χ0) is 11.8. The fourth-order valence-corrected chi connectivity index (χ4v) is 1.99. The van der Waals surface area contributed by atoms with Crippen LogP contribution in [0, 0.1) is 11.3 Å². The molecule has 0 aromatic heterocycles. The molecule has 0 heterocycles. The Morgan fingerprint density at radius 2 is 2.13 bits per heavy atom. The topological polar surface area (TPSA) is 54.4 Å². The van der Waals surface area contributed by atoms with Crippen molar-refractivity contribution in [2.45, 2.75) is 27.2 Å². The lowest BCUT2D eigenvalue weighted by atomic mass is 9.70. The van der Waals surface area contributed by atoms with Crippen molar-refractivity contribution in [3.05, 3.63) is 11.3 Å². The van der Waals surface area contributed by atoms with Gasteiger partial charge in [-0.3, -0.25) is 9.59 Å². The lowest BCUT2D eigenvalue weighted by Crippen LogP contribution is -2.37. The van der Waals surface area contributed by atoms with Crippen LogP contribution < -0.4 is 0 Å². The van der Waals surface area contributed by atoms with E-state index in [9.17, 15) is 19.1 Å². The molecule has 4 heteroatoms. The van der Waals surface area contributed by atoms with Gasteiger partial charge >= 0.3 is 0 Å².